The second-order valence-corrected chi connectivity index (χ2v) is 4.84. The van der Waals surface area contributed by atoms with E-state index in [1.165, 1.54) is 12.1 Å². The fourth-order valence-corrected chi connectivity index (χ4v) is 2.01. The molecule has 1 aromatic carbocycles. The van der Waals surface area contributed by atoms with Crippen molar-refractivity contribution in [2.75, 3.05) is 5.32 Å². The first-order chi connectivity index (χ1) is 9.45. The quantitative estimate of drug-likeness (QED) is 0.430. The number of benzene rings is 1. The van der Waals surface area contributed by atoms with Gasteiger partial charge in [0.1, 0.15) is 5.56 Å². The normalized spacial score (nSPS) is 11.9. The fourth-order valence-electron chi connectivity index (χ4n) is 2.01. The highest BCUT2D eigenvalue weighted by molar-refractivity contribution is 5.93. The Labute approximate surface area is 118 Å². The van der Waals surface area contributed by atoms with E-state index in [1.807, 2.05) is 6.92 Å². The third kappa shape index (κ3) is 4.53. The summed E-state index contributed by atoms with van der Waals surface area (Å²) in [7, 11) is 0. The van der Waals surface area contributed by atoms with Crippen molar-refractivity contribution in [3.63, 3.8) is 0 Å². The van der Waals surface area contributed by atoms with E-state index >= 15 is 0 Å². The first kappa shape index (κ1) is 15.9. The van der Waals surface area contributed by atoms with Gasteiger partial charge in [0.15, 0.2) is 0 Å². The summed E-state index contributed by atoms with van der Waals surface area (Å²) in [6.07, 6.45) is 4.37. The van der Waals surface area contributed by atoms with Crippen molar-refractivity contribution in [1.29, 1.82) is 0 Å². The van der Waals surface area contributed by atoms with Crippen LogP contribution in [0.15, 0.2) is 18.2 Å². The highest BCUT2D eigenvalue weighted by Crippen LogP contribution is 2.24. The van der Waals surface area contributed by atoms with Crippen LogP contribution in [-0.2, 0) is 0 Å². The number of nitro benzene ring substituents is 1. The van der Waals surface area contributed by atoms with Crippen molar-refractivity contribution in [2.45, 2.75) is 45.6 Å². The van der Waals surface area contributed by atoms with E-state index in [0.717, 1.165) is 25.7 Å². The minimum atomic E-state index is -1.29. The van der Waals surface area contributed by atoms with Gasteiger partial charge in [0.25, 0.3) is 5.69 Å². The first-order valence-electron chi connectivity index (χ1n) is 6.74. The van der Waals surface area contributed by atoms with Crippen LogP contribution < -0.4 is 5.32 Å². The van der Waals surface area contributed by atoms with Crippen molar-refractivity contribution in [3.8, 4) is 0 Å². The SMILES string of the molecule is CCCCCC(C)Nc1ccc(C(=O)O)c([N+](=O)[O-])c1. The van der Waals surface area contributed by atoms with E-state index in [9.17, 15) is 14.9 Å². The third-order valence-electron chi connectivity index (χ3n) is 3.08. The molecule has 0 saturated carbocycles. The van der Waals surface area contributed by atoms with Gasteiger partial charge in [0.05, 0.1) is 4.92 Å². The molecule has 0 aliphatic rings. The van der Waals surface area contributed by atoms with Crippen LogP contribution in [-0.4, -0.2) is 22.0 Å². The Morgan fingerprint density at radius 2 is 2.15 bits per heavy atom. The third-order valence-corrected chi connectivity index (χ3v) is 3.08. The molecule has 1 unspecified atom stereocenters. The maximum absolute atomic E-state index is 10.9. The van der Waals surface area contributed by atoms with E-state index in [0.29, 0.717) is 5.69 Å². The van der Waals surface area contributed by atoms with Gasteiger partial charge in [-0.2, -0.15) is 0 Å². The topological polar surface area (TPSA) is 92.5 Å². The van der Waals surface area contributed by atoms with Crippen LogP contribution in [0.2, 0.25) is 0 Å². The number of rotatable bonds is 8. The van der Waals surface area contributed by atoms with Crippen LogP contribution in [0.4, 0.5) is 11.4 Å². The van der Waals surface area contributed by atoms with Gasteiger partial charge < -0.3 is 10.4 Å². The van der Waals surface area contributed by atoms with Crippen LogP contribution in [0, 0.1) is 10.1 Å². The number of unbranched alkanes of at least 4 members (excludes halogenated alkanes) is 2. The van der Waals surface area contributed by atoms with Crippen LogP contribution >= 0.6 is 0 Å². The lowest BCUT2D eigenvalue weighted by Crippen LogP contribution is -2.15. The van der Waals surface area contributed by atoms with E-state index in [1.54, 1.807) is 6.07 Å². The van der Waals surface area contributed by atoms with Gasteiger partial charge in [-0.05, 0) is 25.5 Å². The van der Waals surface area contributed by atoms with Crippen LogP contribution in [0.5, 0.6) is 0 Å². The smallest absolute Gasteiger partial charge is 0.342 e. The van der Waals surface area contributed by atoms with E-state index in [4.69, 9.17) is 5.11 Å². The van der Waals surface area contributed by atoms with Gasteiger partial charge >= 0.3 is 5.97 Å². The molecule has 0 spiro atoms. The lowest BCUT2D eigenvalue weighted by atomic mass is 10.1. The number of carboxylic acids is 1. The number of nitrogens with zero attached hydrogens (tertiary/aromatic N) is 1. The van der Waals surface area contributed by atoms with Crippen molar-refractivity contribution in [1.82, 2.24) is 0 Å². The van der Waals surface area contributed by atoms with Crippen molar-refractivity contribution < 1.29 is 14.8 Å². The predicted molar refractivity (Wildman–Crippen MR) is 77.3 cm³/mol. The summed E-state index contributed by atoms with van der Waals surface area (Å²) >= 11 is 0. The lowest BCUT2D eigenvalue weighted by Gasteiger charge is -2.15. The molecule has 1 rings (SSSR count). The summed E-state index contributed by atoms with van der Waals surface area (Å²) in [5, 5.41) is 23.0. The number of aromatic carboxylic acids is 1. The largest absolute Gasteiger partial charge is 0.477 e. The van der Waals surface area contributed by atoms with Gasteiger partial charge in [-0.1, -0.05) is 26.2 Å². The van der Waals surface area contributed by atoms with Crippen LogP contribution in [0.3, 0.4) is 0 Å². The zero-order valence-corrected chi connectivity index (χ0v) is 11.8. The molecule has 0 amide bonds. The standard InChI is InChI=1S/C14H20N2O4/c1-3-4-5-6-10(2)15-11-7-8-12(14(17)18)13(9-11)16(19)20/h7-10,15H,3-6H2,1-2H3,(H,17,18). The first-order valence-corrected chi connectivity index (χ1v) is 6.74. The molecule has 1 aromatic rings. The average Bonchev–Trinajstić information content (AvgIpc) is 2.38. The minimum Gasteiger partial charge on any atom is -0.477 e. The molecular formula is C14H20N2O4. The number of hydrogen-bond acceptors (Lipinski definition) is 4. The molecule has 6 nitrogen and oxygen atoms in total. The monoisotopic (exact) mass is 280 g/mol. The van der Waals surface area contributed by atoms with Gasteiger partial charge in [0, 0.05) is 17.8 Å². The number of carboxylic acid groups (broad SMARTS) is 1. The van der Waals surface area contributed by atoms with Gasteiger partial charge in [-0.3, -0.25) is 10.1 Å². The van der Waals surface area contributed by atoms with Gasteiger partial charge in [-0.25, -0.2) is 4.79 Å². The number of nitrogens with one attached hydrogen (secondary N) is 1. The second kappa shape index (κ2) is 7.47. The van der Waals surface area contributed by atoms with Gasteiger partial charge in [-0.15, -0.1) is 0 Å². The number of hydrogen-bond donors (Lipinski definition) is 2. The molecule has 0 heterocycles. The fraction of sp³-hybridized carbons (Fsp3) is 0.500. The molecule has 0 radical (unpaired) electrons. The molecule has 0 saturated heterocycles. The number of carbonyl (C=O) groups is 1. The summed E-state index contributed by atoms with van der Waals surface area (Å²) < 4.78 is 0. The van der Waals surface area contributed by atoms with E-state index in [2.05, 4.69) is 12.2 Å². The van der Waals surface area contributed by atoms with E-state index < -0.39 is 10.9 Å². The Kier molecular flexibility index (Phi) is 5.96. The second-order valence-electron chi connectivity index (χ2n) is 4.84. The molecule has 0 bridgehead atoms. The summed E-state index contributed by atoms with van der Waals surface area (Å²) in [5.41, 5.74) is -0.104. The Hall–Kier alpha value is -2.11. The molecule has 20 heavy (non-hydrogen) atoms. The molecule has 110 valence electrons. The summed E-state index contributed by atoms with van der Waals surface area (Å²) in [5.74, 6) is -1.29. The Morgan fingerprint density at radius 3 is 2.70 bits per heavy atom. The Morgan fingerprint density at radius 1 is 1.45 bits per heavy atom. The molecular weight excluding hydrogens is 260 g/mol. The Bertz CT molecular complexity index is 488. The summed E-state index contributed by atoms with van der Waals surface area (Å²) in [6, 6.07) is 4.30. The number of anilines is 1. The highest BCUT2D eigenvalue weighted by atomic mass is 16.6. The maximum Gasteiger partial charge on any atom is 0.342 e. The Balaban J connectivity index is 2.79. The van der Waals surface area contributed by atoms with Crippen molar-refractivity contribution in [3.05, 3.63) is 33.9 Å². The molecule has 0 aliphatic carbocycles. The molecule has 6 heteroatoms. The zero-order valence-electron chi connectivity index (χ0n) is 11.8. The highest BCUT2D eigenvalue weighted by Gasteiger charge is 2.20. The summed E-state index contributed by atoms with van der Waals surface area (Å²) in [6.45, 7) is 4.14. The molecule has 0 aromatic heterocycles. The lowest BCUT2D eigenvalue weighted by molar-refractivity contribution is -0.385. The molecule has 0 aliphatic heterocycles. The molecule has 0 fully saturated rings. The average molecular weight is 280 g/mol. The molecule has 2 N–H and O–H groups in total. The van der Waals surface area contributed by atoms with Crippen molar-refractivity contribution >= 4 is 17.3 Å². The van der Waals surface area contributed by atoms with Crippen LogP contribution in [0.1, 0.15) is 49.9 Å². The molecule has 1 atom stereocenters. The maximum atomic E-state index is 10.9. The predicted octanol–water partition coefficient (Wildman–Crippen LogP) is 3.67. The summed E-state index contributed by atoms with van der Waals surface area (Å²) in [4.78, 5) is 21.1. The van der Waals surface area contributed by atoms with Gasteiger partial charge in [0.2, 0.25) is 0 Å². The minimum absolute atomic E-state index is 0.192. The zero-order chi connectivity index (χ0) is 15.1. The van der Waals surface area contributed by atoms with Crippen molar-refractivity contribution in [2.24, 2.45) is 0 Å². The number of nitro groups is 1. The van der Waals surface area contributed by atoms with E-state index in [-0.39, 0.29) is 17.3 Å². The van der Waals surface area contributed by atoms with Crippen LogP contribution in [0.25, 0.3) is 0 Å².